The van der Waals surface area contributed by atoms with Gasteiger partial charge in [0.1, 0.15) is 0 Å². The molecule has 0 bridgehead atoms. The van der Waals surface area contributed by atoms with E-state index in [9.17, 15) is 10.0 Å². The van der Waals surface area contributed by atoms with Crippen LogP contribution >= 0.6 is 10.0 Å². The molecule has 0 rings (SSSR count). The van der Waals surface area contributed by atoms with Crippen LogP contribution in [0.2, 0.25) is 0 Å². The molecule has 96 valence electrons. The van der Waals surface area contributed by atoms with Crippen LogP contribution in [0.4, 0.5) is 0 Å². The number of hydroxylamine groups is 2. The highest BCUT2D eigenvalue weighted by molar-refractivity contribution is 8.32. The number of carbonyl (C=O) groups excluding carboxylic acids is 1. The minimum absolute atomic E-state index is 0.244. The Labute approximate surface area is 99.5 Å². The smallest absolute Gasteiger partial charge is 0.330 e. The molecular formula is C11H23NO3S. The van der Waals surface area contributed by atoms with Crippen molar-refractivity contribution in [2.45, 2.75) is 6.42 Å². The summed E-state index contributed by atoms with van der Waals surface area (Å²) in [6, 6.07) is 0. The van der Waals surface area contributed by atoms with Gasteiger partial charge in [0.05, 0.1) is 20.2 Å². The van der Waals surface area contributed by atoms with Gasteiger partial charge in [0.25, 0.3) is 0 Å². The molecule has 0 heterocycles. The van der Waals surface area contributed by atoms with Gasteiger partial charge in [0.2, 0.25) is 0 Å². The molecule has 0 aromatic carbocycles. The van der Waals surface area contributed by atoms with Crippen LogP contribution in [0, 0.1) is 5.21 Å². The van der Waals surface area contributed by atoms with Crippen LogP contribution in [-0.4, -0.2) is 50.2 Å². The van der Waals surface area contributed by atoms with Crippen molar-refractivity contribution >= 4 is 16.0 Å². The molecule has 0 aromatic rings. The third-order valence-corrected chi connectivity index (χ3v) is 4.94. The standard InChI is InChI=1S/C11H23NO3S/c1-5-11(13)15-8-10-16(3,4)9-6-7-12(2)14/h5,12H,1,6-10H2,2-4H3. The highest BCUT2D eigenvalue weighted by atomic mass is 32.3. The maximum absolute atomic E-state index is 10.8. The summed E-state index contributed by atoms with van der Waals surface area (Å²) in [6.07, 6.45) is 6.52. The summed E-state index contributed by atoms with van der Waals surface area (Å²) in [4.78, 5) is 10.8. The third-order valence-electron chi connectivity index (χ3n) is 2.27. The Balaban J connectivity index is 3.69. The number of esters is 1. The molecule has 0 aliphatic carbocycles. The van der Waals surface area contributed by atoms with E-state index in [0.29, 0.717) is 13.2 Å². The van der Waals surface area contributed by atoms with Gasteiger partial charge in [-0.3, -0.25) is 0 Å². The number of quaternary nitrogens is 1. The Morgan fingerprint density at radius 2 is 2.12 bits per heavy atom. The third kappa shape index (κ3) is 8.76. The van der Waals surface area contributed by atoms with Crippen molar-refractivity contribution < 1.29 is 14.6 Å². The molecule has 0 fully saturated rings. The molecule has 0 saturated carbocycles. The number of hydrogen-bond donors (Lipinski definition) is 1. The molecule has 5 heteroatoms. The van der Waals surface area contributed by atoms with Gasteiger partial charge in [-0.1, -0.05) is 6.58 Å². The zero-order chi connectivity index (χ0) is 12.6. The summed E-state index contributed by atoms with van der Waals surface area (Å²) in [5, 5.41) is 11.0. The first-order valence-electron chi connectivity index (χ1n) is 5.35. The van der Waals surface area contributed by atoms with Crippen molar-refractivity contribution in [2.75, 3.05) is 44.2 Å². The predicted molar refractivity (Wildman–Crippen MR) is 70.1 cm³/mol. The zero-order valence-corrected chi connectivity index (χ0v) is 11.3. The first-order valence-corrected chi connectivity index (χ1v) is 8.13. The van der Waals surface area contributed by atoms with E-state index in [-0.39, 0.29) is 11.0 Å². The van der Waals surface area contributed by atoms with Gasteiger partial charge < -0.3 is 15.0 Å². The molecule has 0 radical (unpaired) electrons. The molecule has 0 aliphatic heterocycles. The summed E-state index contributed by atoms with van der Waals surface area (Å²) in [5.41, 5.74) is 0. The predicted octanol–water partition coefficient (Wildman–Crippen LogP) is 0.182. The molecule has 0 saturated heterocycles. The molecule has 1 N–H and O–H groups in total. The van der Waals surface area contributed by atoms with E-state index in [1.54, 1.807) is 7.05 Å². The van der Waals surface area contributed by atoms with Gasteiger partial charge in [-0.15, -0.1) is 0 Å². The molecule has 0 aromatic heterocycles. The van der Waals surface area contributed by atoms with Gasteiger partial charge in [-0.05, 0) is 18.3 Å². The lowest BCUT2D eigenvalue weighted by Gasteiger charge is -2.31. The average molecular weight is 249 g/mol. The number of carbonyl (C=O) groups is 1. The number of hydrogen-bond acceptors (Lipinski definition) is 3. The minimum Gasteiger partial charge on any atom is -0.634 e. The van der Waals surface area contributed by atoms with Crippen LogP contribution in [0.1, 0.15) is 6.42 Å². The Bertz CT molecular complexity index is 229. The van der Waals surface area contributed by atoms with Crippen molar-refractivity contribution in [3.63, 3.8) is 0 Å². The summed E-state index contributed by atoms with van der Waals surface area (Å²) < 4.78 is 4.95. The monoisotopic (exact) mass is 249 g/mol. The van der Waals surface area contributed by atoms with Crippen LogP contribution in [0.5, 0.6) is 0 Å². The van der Waals surface area contributed by atoms with Crippen LogP contribution < -0.4 is 5.06 Å². The SMILES string of the molecule is C=CC(=O)OCCS(C)(C)CCC[NH+](C)[O-]. The van der Waals surface area contributed by atoms with E-state index >= 15 is 0 Å². The van der Waals surface area contributed by atoms with E-state index in [2.05, 4.69) is 19.1 Å². The molecule has 0 spiro atoms. The highest BCUT2D eigenvalue weighted by Crippen LogP contribution is 2.39. The maximum atomic E-state index is 10.8. The lowest BCUT2D eigenvalue weighted by Crippen LogP contribution is -3.03. The second-order valence-electron chi connectivity index (χ2n) is 4.35. The first kappa shape index (κ1) is 15.5. The van der Waals surface area contributed by atoms with E-state index in [1.165, 1.54) is 6.08 Å². The molecule has 16 heavy (non-hydrogen) atoms. The molecule has 4 nitrogen and oxygen atoms in total. The van der Waals surface area contributed by atoms with E-state index < -0.39 is 10.0 Å². The molecule has 1 atom stereocenters. The molecule has 0 amide bonds. The largest absolute Gasteiger partial charge is 0.634 e. The topological polar surface area (TPSA) is 53.8 Å². The van der Waals surface area contributed by atoms with Gasteiger partial charge in [0, 0.05) is 18.2 Å². The second-order valence-corrected chi connectivity index (χ2v) is 8.70. The zero-order valence-electron chi connectivity index (χ0n) is 10.5. The fourth-order valence-corrected chi connectivity index (χ4v) is 2.91. The fourth-order valence-electron chi connectivity index (χ4n) is 1.24. The quantitative estimate of drug-likeness (QED) is 0.379. The minimum atomic E-state index is -0.745. The lowest BCUT2D eigenvalue weighted by atomic mass is 10.5. The Morgan fingerprint density at radius 1 is 1.50 bits per heavy atom. The van der Waals surface area contributed by atoms with Crippen molar-refractivity contribution in [3.8, 4) is 0 Å². The first-order chi connectivity index (χ1) is 7.37. The summed E-state index contributed by atoms with van der Waals surface area (Å²) >= 11 is 0. The number of ether oxygens (including phenoxy) is 1. The Kier molecular flexibility index (Phi) is 7.45. The summed E-state index contributed by atoms with van der Waals surface area (Å²) in [6.45, 7) is 4.45. The summed E-state index contributed by atoms with van der Waals surface area (Å²) in [5.74, 6) is 1.59. The van der Waals surface area contributed by atoms with Crippen LogP contribution in [-0.2, 0) is 9.53 Å². The molecule has 0 aliphatic rings. The second kappa shape index (κ2) is 7.70. The van der Waals surface area contributed by atoms with Crippen molar-refractivity contribution in [3.05, 3.63) is 17.9 Å². The van der Waals surface area contributed by atoms with Gasteiger partial charge in [0.15, 0.2) is 0 Å². The Hall–Kier alpha value is -0.520. The van der Waals surface area contributed by atoms with E-state index in [0.717, 1.165) is 17.9 Å². The normalized spacial score (nSPS) is 14.2. The van der Waals surface area contributed by atoms with Gasteiger partial charge in [-0.25, -0.2) is 14.8 Å². The van der Waals surface area contributed by atoms with Crippen molar-refractivity contribution in [1.29, 1.82) is 0 Å². The van der Waals surface area contributed by atoms with E-state index in [4.69, 9.17) is 4.74 Å². The maximum Gasteiger partial charge on any atom is 0.330 e. The lowest BCUT2D eigenvalue weighted by molar-refractivity contribution is -0.825. The van der Waals surface area contributed by atoms with Crippen molar-refractivity contribution in [1.82, 2.24) is 0 Å². The van der Waals surface area contributed by atoms with Crippen molar-refractivity contribution in [2.24, 2.45) is 0 Å². The number of rotatable bonds is 8. The average Bonchev–Trinajstić information content (AvgIpc) is 2.16. The van der Waals surface area contributed by atoms with Gasteiger partial charge in [-0.2, -0.15) is 0 Å². The molecular weight excluding hydrogens is 226 g/mol. The van der Waals surface area contributed by atoms with Crippen LogP contribution in [0.25, 0.3) is 0 Å². The number of nitrogens with one attached hydrogen (secondary N) is 1. The summed E-state index contributed by atoms with van der Waals surface area (Å²) in [7, 11) is 0.874. The molecule has 1 unspecified atom stereocenters. The van der Waals surface area contributed by atoms with Gasteiger partial charge >= 0.3 is 5.97 Å². The highest BCUT2D eigenvalue weighted by Gasteiger charge is 2.12. The van der Waals surface area contributed by atoms with Crippen LogP contribution in [0.3, 0.4) is 0 Å². The fraction of sp³-hybridized carbons (Fsp3) is 0.727. The van der Waals surface area contributed by atoms with Crippen LogP contribution in [0.15, 0.2) is 12.7 Å². The van der Waals surface area contributed by atoms with E-state index in [1.807, 2.05) is 0 Å². The Morgan fingerprint density at radius 3 is 2.62 bits per heavy atom.